The zero-order chi connectivity index (χ0) is 17.2. The van der Waals surface area contributed by atoms with Crippen LogP contribution in [0.25, 0.3) is 11.6 Å². The molecule has 0 aliphatic carbocycles. The summed E-state index contributed by atoms with van der Waals surface area (Å²) in [5, 5.41) is 9.72. The lowest BCUT2D eigenvalue weighted by Gasteiger charge is -2.20. The lowest BCUT2D eigenvalue weighted by atomic mass is 10.00. The Balaban J connectivity index is 1.43. The van der Waals surface area contributed by atoms with E-state index in [4.69, 9.17) is 9.15 Å². The smallest absolute Gasteiger partial charge is 0.251 e. The number of hydrogen-bond donors (Lipinski definition) is 2. The minimum Gasteiger partial charge on any atom is -0.461 e. The van der Waals surface area contributed by atoms with Crippen LogP contribution < -0.4 is 10.1 Å². The number of ether oxygens (including phenoxy) is 1. The van der Waals surface area contributed by atoms with Crippen molar-refractivity contribution in [3.05, 3.63) is 65.4 Å². The van der Waals surface area contributed by atoms with Gasteiger partial charge in [0.05, 0.1) is 18.4 Å². The molecule has 3 aromatic rings. The molecule has 0 bridgehead atoms. The molecular formula is C18H16N4O3. The Morgan fingerprint density at radius 3 is 3.00 bits per heavy atom. The molecule has 1 aromatic carbocycles. The number of carbonyl (C=O) groups excluding carboxylic acids is 1. The van der Waals surface area contributed by atoms with Crippen molar-refractivity contribution >= 4 is 5.91 Å². The summed E-state index contributed by atoms with van der Waals surface area (Å²) < 4.78 is 11.0. The van der Waals surface area contributed by atoms with Crippen molar-refractivity contribution in [1.82, 2.24) is 20.5 Å². The second kappa shape index (κ2) is 6.27. The number of aromatic amines is 1. The maximum atomic E-state index is 12.5. The van der Waals surface area contributed by atoms with Gasteiger partial charge in [-0.2, -0.15) is 0 Å². The number of nitrogens with zero attached hydrogens (tertiary/aromatic N) is 2. The number of amides is 1. The van der Waals surface area contributed by atoms with E-state index in [9.17, 15) is 4.79 Å². The molecule has 25 heavy (non-hydrogen) atoms. The first-order valence-corrected chi connectivity index (χ1v) is 7.89. The highest BCUT2D eigenvalue weighted by Crippen LogP contribution is 2.29. The van der Waals surface area contributed by atoms with E-state index in [0.717, 1.165) is 11.3 Å². The number of H-pyrrole nitrogens is 1. The lowest BCUT2D eigenvalue weighted by Crippen LogP contribution is -2.28. The molecule has 2 N–H and O–H groups in total. The maximum absolute atomic E-state index is 12.5. The molecule has 0 spiro atoms. The van der Waals surface area contributed by atoms with E-state index in [0.29, 0.717) is 35.2 Å². The fourth-order valence-corrected chi connectivity index (χ4v) is 2.69. The van der Waals surface area contributed by atoms with Gasteiger partial charge in [-0.25, -0.2) is 4.98 Å². The summed E-state index contributed by atoms with van der Waals surface area (Å²) in [4.78, 5) is 16.8. The van der Waals surface area contributed by atoms with Gasteiger partial charge in [0, 0.05) is 6.42 Å². The van der Waals surface area contributed by atoms with E-state index in [1.165, 1.54) is 0 Å². The van der Waals surface area contributed by atoms with Crippen LogP contribution in [0.2, 0.25) is 0 Å². The lowest BCUT2D eigenvalue weighted by molar-refractivity contribution is -0.118. The summed E-state index contributed by atoms with van der Waals surface area (Å²) in [6, 6.07) is 11.2. The first-order valence-electron chi connectivity index (χ1n) is 7.89. The van der Waals surface area contributed by atoms with Gasteiger partial charge >= 0.3 is 0 Å². The van der Waals surface area contributed by atoms with Crippen molar-refractivity contribution in [1.29, 1.82) is 0 Å². The standard InChI is InChI=1S/C18H16N4O3/c1-11-13(9-12-5-2-3-6-14(12)25-11)18(23)19-10-16-20-17(22-21-16)15-7-4-8-24-15/h2-8H,9-10H2,1H3,(H,19,23)(H,20,21,22). The number of carbonyl (C=O) groups is 1. The molecule has 0 saturated heterocycles. The first-order chi connectivity index (χ1) is 12.2. The fourth-order valence-electron chi connectivity index (χ4n) is 2.69. The Kier molecular flexibility index (Phi) is 3.81. The molecule has 0 atom stereocenters. The Labute approximate surface area is 143 Å². The van der Waals surface area contributed by atoms with Crippen LogP contribution in [0.5, 0.6) is 5.75 Å². The van der Waals surface area contributed by atoms with E-state index < -0.39 is 0 Å². The summed E-state index contributed by atoms with van der Waals surface area (Å²) in [5.41, 5.74) is 1.61. The summed E-state index contributed by atoms with van der Waals surface area (Å²) >= 11 is 0. The number of furan rings is 1. The fraction of sp³-hybridized carbons (Fsp3) is 0.167. The number of allylic oxidation sites excluding steroid dienone is 1. The number of para-hydroxylation sites is 1. The zero-order valence-corrected chi connectivity index (χ0v) is 13.6. The Bertz CT molecular complexity index is 941. The average Bonchev–Trinajstić information content (AvgIpc) is 3.30. The molecule has 1 aliphatic rings. The minimum absolute atomic E-state index is 0.178. The Morgan fingerprint density at radius 2 is 2.16 bits per heavy atom. The van der Waals surface area contributed by atoms with Crippen molar-refractivity contribution in [2.45, 2.75) is 19.9 Å². The zero-order valence-electron chi connectivity index (χ0n) is 13.6. The molecule has 1 aliphatic heterocycles. The number of aromatic nitrogens is 3. The van der Waals surface area contributed by atoms with Gasteiger partial charge in [0.2, 0.25) is 5.82 Å². The van der Waals surface area contributed by atoms with Gasteiger partial charge in [-0.15, -0.1) is 5.10 Å². The third-order valence-corrected chi connectivity index (χ3v) is 3.99. The first kappa shape index (κ1) is 15.2. The predicted octanol–water partition coefficient (Wildman–Crippen LogP) is 2.59. The molecule has 3 heterocycles. The SMILES string of the molecule is CC1=C(C(=O)NCc2nc(-c3ccco3)n[nH]2)Cc2ccccc2O1. The predicted molar refractivity (Wildman–Crippen MR) is 89.4 cm³/mol. The maximum Gasteiger partial charge on any atom is 0.251 e. The van der Waals surface area contributed by atoms with Crippen LogP contribution in [0.3, 0.4) is 0 Å². The van der Waals surface area contributed by atoms with Crippen LogP contribution in [-0.4, -0.2) is 21.1 Å². The molecular weight excluding hydrogens is 320 g/mol. The average molecular weight is 336 g/mol. The molecule has 2 aromatic heterocycles. The van der Waals surface area contributed by atoms with Gasteiger partial charge < -0.3 is 14.5 Å². The highest BCUT2D eigenvalue weighted by Gasteiger charge is 2.22. The highest BCUT2D eigenvalue weighted by molar-refractivity contribution is 5.94. The second-order valence-corrected chi connectivity index (χ2v) is 5.69. The van der Waals surface area contributed by atoms with Gasteiger partial charge in [-0.3, -0.25) is 9.89 Å². The van der Waals surface area contributed by atoms with Crippen LogP contribution >= 0.6 is 0 Å². The summed E-state index contributed by atoms with van der Waals surface area (Å²) in [6.07, 6.45) is 2.10. The van der Waals surface area contributed by atoms with Crippen LogP contribution in [0, 0.1) is 0 Å². The number of hydrogen-bond acceptors (Lipinski definition) is 5. The van der Waals surface area contributed by atoms with Crippen molar-refractivity contribution in [2.24, 2.45) is 0 Å². The quantitative estimate of drug-likeness (QED) is 0.764. The van der Waals surface area contributed by atoms with E-state index in [-0.39, 0.29) is 12.5 Å². The highest BCUT2D eigenvalue weighted by atomic mass is 16.5. The van der Waals surface area contributed by atoms with Crippen LogP contribution in [0.15, 0.2) is 58.4 Å². The van der Waals surface area contributed by atoms with Gasteiger partial charge in [0.1, 0.15) is 17.3 Å². The minimum atomic E-state index is -0.178. The Morgan fingerprint density at radius 1 is 1.28 bits per heavy atom. The van der Waals surface area contributed by atoms with Gasteiger partial charge in [-0.05, 0) is 30.7 Å². The second-order valence-electron chi connectivity index (χ2n) is 5.69. The molecule has 0 fully saturated rings. The van der Waals surface area contributed by atoms with Crippen LogP contribution in [-0.2, 0) is 17.8 Å². The molecule has 1 amide bonds. The number of nitrogens with one attached hydrogen (secondary N) is 2. The molecule has 0 radical (unpaired) electrons. The molecule has 0 unspecified atom stereocenters. The molecule has 0 saturated carbocycles. The molecule has 126 valence electrons. The molecule has 7 nitrogen and oxygen atoms in total. The molecule has 4 rings (SSSR count). The number of benzene rings is 1. The van der Waals surface area contributed by atoms with Crippen molar-refractivity contribution in [3.63, 3.8) is 0 Å². The van der Waals surface area contributed by atoms with E-state index in [1.54, 1.807) is 25.3 Å². The van der Waals surface area contributed by atoms with Crippen LogP contribution in [0.1, 0.15) is 18.3 Å². The summed E-state index contributed by atoms with van der Waals surface area (Å²) in [5.74, 6) is 2.82. The number of fused-ring (bicyclic) bond motifs is 1. The van der Waals surface area contributed by atoms with E-state index in [2.05, 4.69) is 20.5 Å². The third-order valence-electron chi connectivity index (χ3n) is 3.99. The van der Waals surface area contributed by atoms with Crippen molar-refractivity contribution in [3.8, 4) is 17.3 Å². The van der Waals surface area contributed by atoms with Gasteiger partial charge in [-0.1, -0.05) is 18.2 Å². The monoisotopic (exact) mass is 336 g/mol. The largest absolute Gasteiger partial charge is 0.461 e. The van der Waals surface area contributed by atoms with E-state index in [1.807, 2.05) is 24.3 Å². The van der Waals surface area contributed by atoms with Crippen molar-refractivity contribution in [2.75, 3.05) is 0 Å². The third kappa shape index (κ3) is 3.03. The van der Waals surface area contributed by atoms with Crippen molar-refractivity contribution < 1.29 is 13.9 Å². The topological polar surface area (TPSA) is 93.0 Å². The summed E-state index contributed by atoms with van der Waals surface area (Å²) in [7, 11) is 0. The Hall–Kier alpha value is -3.35. The molecule has 7 heteroatoms. The number of rotatable bonds is 4. The van der Waals surface area contributed by atoms with Gasteiger partial charge in [0.25, 0.3) is 5.91 Å². The summed E-state index contributed by atoms with van der Waals surface area (Å²) in [6.45, 7) is 2.04. The van der Waals surface area contributed by atoms with Gasteiger partial charge in [0.15, 0.2) is 5.76 Å². The van der Waals surface area contributed by atoms with Crippen LogP contribution in [0.4, 0.5) is 0 Å². The normalized spacial score (nSPS) is 13.3. The van der Waals surface area contributed by atoms with E-state index >= 15 is 0 Å².